The Morgan fingerprint density at radius 1 is 1.45 bits per heavy atom. The van der Waals surface area contributed by atoms with E-state index in [1.165, 1.54) is 16.2 Å². The van der Waals surface area contributed by atoms with Crippen LogP contribution < -0.4 is 0 Å². The zero-order valence-corrected chi connectivity index (χ0v) is 12.0. The summed E-state index contributed by atoms with van der Waals surface area (Å²) < 4.78 is 0. The molecule has 1 aromatic rings. The van der Waals surface area contributed by atoms with E-state index in [2.05, 4.69) is 11.8 Å². The average Bonchev–Trinajstić information content (AvgIpc) is 2.94. The van der Waals surface area contributed by atoms with Crippen LogP contribution in [0.5, 0.6) is 0 Å². The van der Waals surface area contributed by atoms with Crippen molar-refractivity contribution in [2.75, 3.05) is 19.7 Å². The molecule has 1 saturated heterocycles. The van der Waals surface area contributed by atoms with Crippen LogP contribution in [0.15, 0.2) is 6.07 Å². The van der Waals surface area contributed by atoms with Gasteiger partial charge in [-0.2, -0.15) is 0 Å². The van der Waals surface area contributed by atoms with Crippen molar-refractivity contribution in [3.63, 3.8) is 0 Å². The molecule has 1 fully saturated rings. The van der Waals surface area contributed by atoms with Crippen LogP contribution >= 0.6 is 11.3 Å². The molecule has 0 aromatic carbocycles. The van der Waals surface area contributed by atoms with Crippen molar-refractivity contribution >= 4 is 17.2 Å². The molecule has 20 heavy (non-hydrogen) atoms. The van der Waals surface area contributed by atoms with Crippen LogP contribution in [0.1, 0.15) is 26.5 Å². The molecule has 2 atom stereocenters. The molecule has 3 N–H and O–H groups in total. The van der Waals surface area contributed by atoms with Gasteiger partial charge in [-0.3, -0.25) is 4.79 Å². The molecule has 0 aliphatic carbocycles. The maximum absolute atomic E-state index is 12.3. The highest BCUT2D eigenvalue weighted by Gasteiger charge is 2.33. The Balaban J connectivity index is 2.12. The molecule has 108 valence electrons. The molecule has 0 spiro atoms. The van der Waals surface area contributed by atoms with Crippen LogP contribution in [0.4, 0.5) is 0 Å². The maximum atomic E-state index is 12.3. The zero-order chi connectivity index (χ0) is 14.7. The number of amides is 1. The topological polar surface area (TPSA) is 81.0 Å². The average molecular weight is 295 g/mol. The molecule has 1 aliphatic heterocycles. The lowest BCUT2D eigenvalue weighted by Gasteiger charge is -2.13. The summed E-state index contributed by atoms with van der Waals surface area (Å²) in [5.41, 5.74) is 0.920. The number of aliphatic hydroxyl groups excluding tert-OH is 3. The molecule has 1 amide bonds. The SMILES string of the molecule is Cc1cc(C(=O)N2CC(O)C(O)C2)sc1C#CCCO. The van der Waals surface area contributed by atoms with Gasteiger partial charge >= 0.3 is 0 Å². The van der Waals surface area contributed by atoms with E-state index in [1.807, 2.05) is 6.92 Å². The van der Waals surface area contributed by atoms with Gasteiger partial charge in [0.05, 0.1) is 28.6 Å². The summed E-state index contributed by atoms with van der Waals surface area (Å²) in [6, 6.07) is 1.77. The Bertz CT molecular complexity index is 547. The second kappa shape index (κ2) is 6.37. The smallest absolute Gasteiger partial charge is 0.264 e. The van der Waals surface area contributed by atoms with Crippen LogP contribution in [0.3, 0.4) is 0 Å². The quantitative estimate of drug-likeness (QED) is 0.669. The van der Waals surface area contributed by atoms with E-state index in [4.69, 9.17) is 5.11 Å². The van der Waals surface area contributed by atoms with E-state index < -0.39 is 12.2 Å². The summed E-state index contributed by atoms with van der Waals surface area (Å²) in [5.74, 6) is 5.58. The molecule has 0 radical (unpaired) electrons. The van der Waals surface area contributed by atoms with E-state index in [0.29, 0.717) is 11.3 Å². The van der Waals surface area contributed by atoms with Gasteiger partial charge in [-0.1, -0.05) is 11.8 Å². The van der Waals surface area contributed by atoms with Gasteiger partial charge in [0.15, 0.2) is 0 Å². The number of hydrogen-bond donors (Lipinski definition) is 3. The molecule has 6 heteroatoms. The molecule has 2 heterocycles. The molecule has 2 rings (SSSR count). The van der Waals surface area contributed by atoms with Gasteiger partial charge in [-0.05, 0) is 18.6 Å². The van der Waals surface area contributed by atoms with Crippen molar-refractivity contribution < 1.29 is 20.1 Å². The lowest BCUT2D eigenvalue weighted by atomic mass is 10.2. The first kappa shape index (κ1) is 15.0. The number of carbonyl (C=O) groups excluding carboxylic acids is 1. The number of β-amino-alcohol motifs (C(OH)–C–C–N with tert-alkyl or cyclic N) is 2. The lowest BCUT2D eigenvalue weighted by molar-refractivity contribution is 0.0572. The fourth-order valence-electron chi connectivity index (χ4n) is 2.00. The largest absolute Gasteiger partial charge is 0.395 e. The first-order chi connectivity index (χ1) is 9.52. The molecule has 0 saturated carbocycles. The summed E-state index contributed by atoms with van der Waals surface area (Å²) >= 11 is 1.30. The highest BCUT2D eigenvalue weighted by atomic mass is 32.1. The number of aliphatic hydroxyl groups is 3. The van der Waals surface area contributed by atoms with Crippen molar-refractivity contribution in [2.24, 2.45) is 0 Å². The van der Waals surface area contributed by atoms with Crippen molar-refractivity contribution in [3.05, 3.63) is 21.4 Å². The first-order valence-electron chi connectivity index (χ1n) is 6.38. The highest BCUT2D eigenvalue weighted by molar-refractivity contribution is 7.14. The molecular formula is C14H17NO4S. The van der Waals surface area contributed by atoms with Crippen molar-refractivity contribution in [2.45, 2.75) is 25.6 Å². The Kier molecular flexibility index (Phi) is 4.78. The Labute approximate surface area is 121 Å². The van der Waals surface area contributed by atoms with Gasteiger partial charge in [0, 0.05) is 19.5 Å². The van der Waals surface area contributed by atoms with Gasteiger partial charge in [-0.15, -0.1) is 11.3 Å². The van der Waals surface area contributed by atoms with Crippen LogP contribution in [0.25, 0.3) is 0 Å². The summed E-state index contributed by atoms with van der Waals surface area (Å²) in [6.07, 6.45) is -1.34. The van der Waals surface area contributed by atoms with Crippen molar-refractivity contribution in [3.8, 4) is 11.8 Å². The normalized spacial score (nSPS) is 21.7. The van der Waals surface area contributed by atoms with E-state index in [1.54, 1.807) is 6.07 Å². The van der Waals surface area contributed by atoms with Crippen molar-refractivity contribution in [1.82, 2.24) is 4.90 Å². The molecule has 1 aliphatic rings. The van der Waals surface area contributed by atoms with Crippen LogP contribution in [0, 0.1) is 18.8 Å². The highest BCUT2D eigenvalue weighted by Crippen LogP contribution is 2.24. The number of aryl methyl sites for hydroxylation is 1. The third kappa shape index (κ3) is 3.19. The fraction of sp³-hybridized carbons (Fsp3) is 0.500. The van der Waals surface area contributed by atoms with E-state index in [0.717, 1.165) is 10.4 Å². The summed E-state index contributed by atoms with van der Waals surface area (Å²) in [4.78, 5) is 15.1. The van der Waals surface area contributed by atoms with Crippen LogP contribution in [0.2, 0.25) is 0 Å². The van der Waals surface area contributed by atoms with Crippen LogP contribution in [-0.4, -0.2) is 58.0 Å². The standard InChI is InChI=1S/C14H17NO4S/c1-9-6-13(20-12(9)4-2-3-5-16)14(19)15-7-10(17)11(18)8-15/h6,10-11,16-18H,3,5,7-8H2,1H3. The van der Waals surface area contributed by atoms with Gasteiger partial charge in [0.25, 0.3) is 5.91 Å². The molecule has 1 aromatic heterocycles. The third-order valence-corrected chi connectivity index (χ3v) is 4.25. The molecule has 0 bridgehead atoms. The van der Waals surface area contributed by atoms with Crippen LogP contribution in [-0.2, 0) is 0 Å². The fourth-order valence-corrected chi connectivity index (χ4v) is 3.02. The molecule has 2 unspecified atom stereocenters. The summed E-state index contributed by atoms with van der Waals surface area (Å²) in [5, 5.41) is 27.7. The third-order valence-electron chi connectivity index (χ3n) is 3.11. The summed E-state index contributed by atoms with van der Waals surface area (Å²) in [7, 11) is 0. The van der Waals surface area contributed by atoms with E-state index in [9.17, 15) is 15.0 Å². The van der Waals surface area contributed by atoms with Gasteiger partial charge in [-0.25, -0.2) is 0 Å². The molecule has 5 nitrogen and oxygen atoms in total. The second-order valence-corrected chi connectivity index (χ2v) is 5.80. The Morgan fingerprint density at radius 3 is 2.70 bits per heavy atom. The van der Waals surface area contributed by atoms with Gasteiger partial charge in [0.1, 0.15) is 0 Å². The Hall–Kier alpha value is -1.39. The first-order valence-corrected chi connectivity index (χ1v) is 7.20. The molecular weight excluding hydrogens is 278 g/mol. The minimum Gasteiger partial charge on any atom is -0.395 e. The monoisotopic (exact) mass is 295 g/mol. The number of carbonyl (C=O) groups is 1. The van der Waals surface area contributed by atoms with E-state index in [-0.39, 0.29) is 25.6 Å². The minimum absolute atomic E-state index is 0.0206. The number of hydrogen-bond acceptors (Lipinski definition) is 5. The predicted octanol–water partition coefficient (Wildman–Crippen LogP) is -0.0320. The predicted molar refractivity (Wildman–Crippen MR) is 75.6 cm³/mol. The number of thiophene rings is 1. The lowest BCUT2D eigenvalue weighted by Crippen LogP contribution is -2.29. The van der Waals surface area contributed by atoms with E-state index >= 15 is 0 Å². The second-order valence-electron chi connectivity index (χ2n) is 4.74. The minimum atomic E-state index is -0.871. The maximum Gasteiger partial charge on any atom is 0.264 e. The van der Waals surface area contributed by atoms with Crippen molar-refractivity contribution in [1.29, 1.82) is 0 Å². The number of rotatable bonds is 2. The zero-order valence-electron chi connectivity index (χ0n) is 11.2. The van der Waals surface area contributed by atoms with Gasteiger partial charge < -0.3 is 20.2 Å². The summed E-state index contributed by atoms with van der Waals surface area (Å²) in [6.45, 7) is 2.21. The number of likely N-dealkylation sites (tertiary alicyclic amines) is 1. The number of nitrogens with zero attached hydrogens (tertiary/aromatic N) is 1. The Morgan fingerprint density at radius 2 is 2.10 bits per heavy atom. The van der Waals surface area contributed by atoms with Gasteiger partial charge in [0.2, 0.25) is 0 Å².